The summed E-state index contributed by atoms with van der Waals surface area (Å²) in [6.45, 7) is 3.93. The Morgan fingerprint density at radius 2 is 0.956 bits per heavy atom. The molecular formula is C40H66O5. The van der Waals surface area contributed by atoms with Gasteiger partial charge in [-0.25, -0.2) is 0 Å². The van der Waals surface area contributed by atoms with Gasteiger partial charge in [0.2, 0.25) is 0 Å². The molecule has 5 nitrogen and oxygen atoms in total. The third-order valence-electron chi connectivity index (χ3n) is 7.23. The number of ether oxygens (including phenoxy) is 2. The largest absolute Gasteiger partial charge is 0.462 e. The Kier molecular flexibility index (Phi) is 33.7. The van der Waals surface area contributed by atoms with E-state index in [4.69, 9.17) is 9.47 Å². The van der Waals surface area contributed by atoms with Gasteiger partial charge in [0.1, 0.15) is 6.61 Å². The van der Waals surface area contributed by atoms with Crippen LogP contribution in [0, 0.1) is 0 Å². The van der Waals surface area contributed by atoms with E-state index in [1.807, 2.05) is 0 Å². The molecular weight excluding hydrogens is 560 g/mol. The Bertz CT molecular complexity index is 849. The molecule has 0 aromatic rings. The molecule has 0 aliphatic carbocycles. The van der Waals surface area contributed by atoms with Crippen LogP contribution in [0.5, 0.6) is 0 Å². The summed E-state index contributed by atoms with van der Waals surface area (Å²) >= 11 is 0. The van der Waals surface area contributed by atoms with Crippen LogP contribution >= 0.6 is 0 Å². The number of unbranched alkanes of at least 4 members (excludes halogenated alkanes) is 11. The zero-order valence-electron chi connectivity index (χ0n) is 28.8. The fraction of sp³-hybridized carbons (Fsp3) is 0.650. The first-order valence-corrected chi connectivity index (χ1v) is 18.0. The van der Waals surface area contributed by atoms with E-state index in [-0.39, 0.29) is 25.2 Å². The van der Waals surface area contributed by atoms with Crippen molar-refractivity contribution in [3.63, 3.8) is 0 Å². The maximum absolute atomic E-state index is 12.1. The maximum Gasteiger partial charge on any atom is 0.306 e. The highest BCUT2D eigenvalue weighted by atomic mass is 16.6. The summed E-state index contributed by atoms with van der Waals surface area (Å²) in [5.74, 6) is -0.664. The summed E-state index contributed by atoms with van der Waals surface area (Å²) in [6.07, 6.45) is 46.7. The maximum atomic E-state index is 12.1. The summed E-state index contributed by atoms with van der Waals surface area (Å²) in [4.78, 5) is 24.2. The Morgan fingerprint density at radius 3 is 1.49 bits per heavy atom. The zero-order chi connectivity index (χ0) is 32.9. The third kappa shape index (κ3) is 34.1. The number of esters is 2. The van der Waals surface area contributed by atoms with E-state index in [9.17, 15) is 14.7 Å². The molecule has 0 amide bonds. The molecule has 0 aliphatic rings. The molecule has 1 unspecified atom stereocenters. The summed E-state index contributed by atoms with van der Waals surface area (Å²) < 4.78 is 10.5. The second kappa shape index (κ2) is 35.8. The predicted molar refractivity (Wildman–Crippen MR) is 191 cm³/mol. The average Bonchev–Trinajstić information content (AvgIpc) is 3.04. The SMILES string of the molecule is CC/C=C\C/C=C\C/C=C\C/C=C\CCCCC(=O)OC(CO)COC(=O)CCCCCCC/C=C\C/C=C\CCCCCC. The van der Waals surface area contributed by atoms with E-state index in [1.165, 1.54) is 44.9 Å². The topological polar surface area (TPSA) is 72.8 Å². The van der Waals surface area contributed by atoms with E-state index in [2.05, 4.69) is 86.8 Å². The number of rotatable bonds is 31. The van der Waals surface area contributed by atoms with Crippen molar-refractivity contribution in [2.24, 2.45) is 0 Å². The standard InChI is InChI=1S/C40H66O5/c1-3-5-7-9-11-13-15-17-19-21-22-24-26-28-30-32-34-39(42)44-37-38(36-41)45-40(43)35-33-31-29-27-25-23-20-18-16-14-12-10-8-6-4-2/h6,8,12-15,18-21,25,27,38,41H,3-5,7,9-11,16-17,22-24,26,28-37H2,1-2H3/b8-6-,14-12-,15-13-,20-18-,21-19-,27-25-. The number of carbonyl (C=O) groups is 2. The van der Waals surface area contributed by atoms with Gasteiger partial charge in [0.25, 0.3) is 0 Å². The first-order chi connectivity index (χ1) is 22.1. The van der Waals surface area contributed by atoms with Crippen LogP contribution < -0.4 is 0 Å². The number of aliphatic hydroxyl groups is 1. The lowest BCUT2D eigenvalue weighted by Crippen LogP contribution is -2.28. The minimum Gasteiger partial charge on any atom is -0.462 e. The number of allylic oxidation sites excluding steroid dienone is 12. The fourth-order valence-corrected chi connectivity index (χ4v) is 4.51. The highest BCUT2D eigenvalue weighted by molar-refractivity contribution is 5.70. The molecule has 1 N–H and O–H groups in total. The van der Waals surface area contributed by atoms with Crippen molar-refractivity contribution >= 4 is 11.9 Å². The van der Waals surface area contributed by atoms with Crippen molar-refractivity contribution in [1.29, 1.82) is 0 Å². The van der Waals surface area contributed by atoms with Crippen LogP contribution in [-0.2, 0) is 19.1 Å². The van der Waals surface area contributed by atoms with Crippen molar-refractivity contribution in [3.05, 3.63) is 72.9 Å². The molecule has 0 aromatic heterocycles. The van der Waals surface area contributed by atoms with Crippen molar-refractivity contribution in [2.75, 3.05) is 13.2 Å². The number of hydrogen-bond acceptors (Lipinski definition) is 5. The smallest absolute Gasteiger partial charge is 0.306 e. The second-order valence-corrected chi connectivity index (χ2v) is 11.6. The van der Waals surface area contributed by atoms with Gasteiger partial charge < -0.3 is 14.6 Å². The minimum absolute atomic E-state index is 0.0938. The van der Waals surface area contributed by atoms with Crippen molar-refractivity contribution in [1.82, 2.24) is 0 Å². The molecule has 256 valence electrons. The lowest BCUT2D eigenvalue weighted by Gasteiger charge is -2.15. The molecule has 0 heterocycles. The molecule has 0 saturated heterocycles. The van der Waals surface area contributed by atoms with Gasteiger partial charge in [0, 0.05) is 12.8 Å². The number of hydrogen-bond donors (Lipinski definition) is 1. The van der Waals surface area contributed by atoms with Crippen LogP contribution in [0.4, 0.5) is 0 Å². The average molecular weight is 627 g/mol. The second-order valence-electron chi connectivity index (χ2n) is 11.6. The van der Waals surface area contributed by atoms with Crippen LogP contribution in [0.25, 0.3) is 0 Å². The van der Waals surface area contributed by atoms with Crippen LogP contribution in [0.15, 0.2) is 72.9 Å². The summed E-state index contributed by atoms with van der Waals surface area (Å²) in [5.41, 5.74) is 0. The molecule has 0 aromatic carbocycles. The predicted octanol–water partition coefficient (Wildman–Crippen LogP) is 11.0. The van der Waals surface area contributed by atoms with E-state index in [0.717, 1.165) is 77.0 Å². The molecule has 1 atom stereocenters. The van der Waals surface area contributed by atoms with Gasteiger partial charge in [-0.2, -0.15) is 0 Å². The molecule has 0 fully saturated rings. The lowest BCUT2D eigenvalue weighted by atomic mass is 10.1. The van der Waals surface area contributed by atoms with Crippen molar-refractivity contribution < 1.29 is 24.2 Å². The Hall–Kier alpha value is -2.66. The summed E-state index contributed by atoms with van der Waals surface area (Å²) in [7, 11) is 0. The summed E-state index contributed by atoms with van der Waals surface area (Å²) in [5, 5.41) is 9.52. The highest BCUT2D eigenvalue weighted by Crippen LogP contribution is 2.10. The Labute approximate surface area is 276 Å². The molecule has 0 aliphatic heterocycles. The van der Waals surface area contributed by atoms with Gasteiger partial charge in [0.05, 0.1) is 6.61 Å². The molecule has 0 rings (SSSR count). The molecule has 0 radical (unpaired) electrons. The summed E-state index contributed by atoms with van der Waals surface area (Å²) in [6, 6.07) is 0. The Morgan fingerprint density at radius 1 is 0.533 bits per heavy atom. The first kappa shape index (κ1) is 42.3. The first-order valence-electron chi connectivity index (χ1n) is 18.0. The van der Waals surface area contributed by atoms with Gasteiger partial charge in [-0.3, -0.25) is 9.59 Å². The van der Waals surface area contributed by atoms with Crippen LogP contribution in [-0.4, -0.2) is 36.4 Å². The Balaban J connectivity index is 3.70. The van der Waals surface area contributed by atoms with Gasteiger partial charge in [-0.15, -0.1) is 0 Å². The lowest BCUT2D eigenvalue weighted by molar-refractivity contribution is -0.161. The molecule has 0 bridgehead atoms. The van der Waals surface area contributed by atoms with Crippen LogP contribution in [0.3, 0.4) is 0 Å². The van der Waals surface area contributed by atoms with Crippen LogP contribution in [0.2, 0.25) is 0 Å². The van der Waals surface area contributed by atoms with E-state index in [1.54, 1.807) is 0 Å². The quantitative estimate of drug-likeness (QED) is 0.0471. The molecule has 0 spiro atoms. The van der Waals surface area contributed by atoms with Gasteiger partial charge in [-0.1, -0.05) is 125 Å². The third-order valence-corrected chi connectivity index (χ3v) is 7.23. The molecule has 45 heavy (non-hydrogen) atoms. The monoisotopic (exact) mass is 626 g/mol. The van der Waals surface area contributed by atoms with E-state index >= 15 is 0 Å². The van der Waals surface area contributed by atoms with Gasteiger partial charge >= 0.3 is 11.9 Å². The normalized spacial score (nSPS) is 13.0. The number of aliphatic hydroxyl groups excluding tert-OH is 1. The molecule has 5 heteroatoms. The van der Waals surface area contributed by atoms with Gasteiger partial charge in [0.15, 0.2) is 6.10 Å². The number of carbonyl (C=O) groups excluding carboxylic acids is 2. The fourth-order valence-electron chi connectivity index (χ4n) is 4.51. The van der Waals surface area contributed by atoms with Crippen LogP contribution in [0.1, 0.15) is 149 Å². The van der Waals surface area contributed by atoms with E-state index < -0.39 is 6.10 Å². The van der Waals surface area contributed by atoms with Gasteiger partial charge in [-0.05, 0) is 83.5 Å². The van der Waals surface area contributed by atoms with Crippen molar-refractivity contribution in [3.8, 4) is 0 Å². The highest BCUT2D eigenvalue weighted by Gasteiger charge is 2.16. The van der Waals surface area contributed by atoms with Crippen molar-refractivity contribution in [2.45, 2.75) is 155 Å². The molecule has 0 saturated carbocycles. The minimum atomic E-state index is -0.801. The zero-order valence-corrected chi connectivity index (χ0v) is 28.8. The van der Waals surface area contributed by atoms with E-state index in [0.29, 0.717) is 12.8 Å².